The van der Waals surface area contributed by atoms with Gasteiger partial charge in [0.05, 0.1) is 11.8 Å². The van der Waals surface area contributed by atoms with Gasteiger partial charge >= 0.3 is 11.9 Å². The first-order valence-electron chi connectivity index (χ1n) is 11.8. The molecule has 0 N–H and O–H groups in total. The maximum absolute atomic E-state index is 12.4. The van der Waals surface area contributed by atoms with Crippen LogP contribution in [0, 0.1) is 25.7 Å². The molecule has 2 amide bonds. The van der Waals surface area contributed by atoms with Gasteiger partial charge in [0.2, 0.25) is 17.6 Å². The van der Waals surface area contributed by atoms with E-state index in [9.17, 15) is 24.0 Å². The second-order valence-electron chi connectivity index (χ2n) is 9.24. The Morgan fingerprint density at radius 3 is 1.42 bits per heavy atom. The highest BCUT2D eigenvalue weighted by molar-refractivity contribution is 6.00. The second kappa shape index (κ2) is 10.7. The van der Waals surface area contributed by atoms with Gasteiger partial charge in [-0.05, 0) is 38.1 Å². The van der Waals surface area contributed by atoms with Crippen molar-refractivity contribution < 1.29 is 33.4 Å². The van der Waals surface area contributed by atoms with Gasteiger partial charge in [-0.3, -0.25) is 24.0 Å². The zero-order valence-electron chi connectivity index (χ0n) is 20.3. The highest BCUT2D eigenvalue weighted by Gasteiger charge is 2.37. The Kier molecular flexibility index (Phi) is 7.47. The number of carbonyl (C=O) groups is 5. The normalized spacial score (nSPS) is 19.5. The Hall–Kier alpha value is -4.01. The van der Waals surface area contributed by atoms with Crippen LogP contribution in [0.25, 0.3) is 0 Å². The van der Waals surface area contributed by atoms with Crippen LogP contribution < -0.4 is 9.80 Å². The van der Waals surface area contributed by atoms with Gasteiger partial charge in [-0.1, -0.05) is 35.4 Å². The predicted molar refractivity (Wildman–Crippen MR) is 130 cm³/mol. The smallest absolute Gasteiger partial charge is 0.311 e. The van der Waals surface area contributed by atoms with E-state index < -0.39 is 42.8 Å². The number of esters is 2. The molecule has 2 heterocycles. The van der Waals surface area contributed by atoms with E-state index in [1.165, 1.54) is 9.80 Å². The van der Waals surface area contributed by atoms with Gasteiger partial charge in [-0.25, -0.2) is 0 Å². The molecular formula is C27H28N2O7. The second-order valence-corrected chi connectivity index (χ2v) is 9.24. The van der Waals surface area contributed by atoms with Crippen molar-refractivity contribution in [2.75, 3.05) is 36.1 Å². The largest absolute Gasteiger partial charge is 0.457 e. The molecule has 0 aliphatic carbocycles. The third-order valence-corrected chi connectivity index (χ3v) is 6.36. The number of nitrogens with zero attached hydrogens (tertiary/aromatic N) is 2. The lowest BCUT2D eigenvalue weighted by atomic mass is 10.1. The van der Waals surface area contributed by atoms with E-state index in [-0.39, 0.29) is 37.7 Å². The van der Waals surface area contributed by atoms with Crippen molar-refractivity contribution in [2.45, 2.75) is 26.7 Å². The molecule has 2 aromatic rings. The number of benzene rings is 2. The number of hydrogen-bond donors (Lipinski definition) is 0. The van der Waals surface area contributed by atoms with Crippen molar-refractivity contribution in [2.24, 2.45) is 11.8 Å². The van der Waals surface area contributed by atoms with Gasteiger partial charge in [0.1, 0.15) is 0 Å². The molecule has 2 saturated heterocycles. The summed E-state index contributed by atoms with van der Waals surface area (Å²) in [6.07, 6.45) is 0.00611. The molecule has 2 fully saturated rings. The zero-order valence-corrected chi connectivity index (χ0v) is 20.3. The van der Waals surface area contributed by atoms with Crippen molar-refractivity contribution in [3.8, 4) is 0 Å². The number of rotatable bonds is 8. The monoisotopic (exact) mass is 492 g/mol. The molecule has 2 atom stereocenters. The Labute approximate surface area is 209 Å². The molecule has 188 valence electrons. The Morgan fingerprint density at radius 1 is 0.694 bits per heavy atom. The molecule has 9 heteroatoms. The molecule has 36 heavy (non-hydrogen) atoms. The Morgan fingerprint density at radius 2 is 1.06 bits per heavy atom. The van der Waals surface area contributed by atoms with Crippen LogP contribution in [-0.2, 0) is 33.4 Å². The van der Waals surface area contributed by atoms with Gasteiger partial charge in [0.15, 0.2) is 13.2 Å². The molecule has 9 nitrogen and oxygen atoms in total. The Bertz CT molecular complexity index is 1080. The number of amides is 2. The SMILES string of the molecule is Cc1ccc(N2CC(C(=O)OCC(=O)COC(=O)C3CC(=O)N(c4ccc(C)cc4)C3)CC2=O)cc1. The van der Waals surface area contributed by atoms with Crippen LogP contribution in [0.3, 0.4) is 0 Å². The highest BCUT2D eigenvalue weighted by Crippen LogP contribution is 2.27. The number of aryl methyl sites for hydroxylation is 2. The fourth-order valence-corrected chi connectivity index (χ4v) is 4.26. The van der Waals surface area contributed by atoms with Gasteiger partial charge in [-0.15, -0.1) is 0 Å². The number of Topliss-reactive ketones (excluding diaryl/α,β-unsaturated/α-hetero) is 1. The molecule has 0 radical (unpaired) electrons. The number of hydrogen-bond acceptors (Lipinski definition) is 7. The molecule has 0 aromatic heterocycles. The number of anilines is 2. The quantitative estimate of drug-likeness (QED) is 0.520. The molecular weight excluding hydrogens is 464 g/mol. The summed E-state index contributed by atoms with van der Waals surface area (Å²) in [5.41, 5.74) is 3.53. The molecule has 0 spiro atoms. The molecule has 0 bridgehead atoms. The third-order valence-electron chi connectivity index (χ3n) is 6.36. The first-order valence-corrected chi connectivity index (χ1v) is 11.8. The first kappa shape index (κ1) is 25.1. The van der Waals surface area contributed by atoms with E-state index in [0.717, 1.165) is 11.1 Å². The first-order chi connectivity index (χ1) is 17.2. The zero-order chi connectivity index (χ0) is 25.8. The molecule has 2 aromatic carbocycles. The highest BCUT2D eigenvalue weighted by atomic mass is 16.6. The predicted octanol–water partition coefficient (Wildman–Crippen LogP) is 2.36. The van der Waals surface area contributed by atoms with E-state index in [1.54, 1.807) is 0 Å². The lowest BCUT2D eigenvalue weighted by Crippen LogP contribution is -2.29. The summed E-state index contributed by atoms with van der Waals surface area (Å²) >= 11 is 0. The average molecular weight is 493 g/mol. The standard InChI is InChI=1S/C27H28N2O7/c1-17-3-7-21(8-4-17)28-13-19(11-24(28)31)26(33)35-15-23(30)16-36-27(34)20-12-25(32)29(14-20)22-9-5-18(2)6-10-22/h3-10,19-20H,11-16H2,1-2H3. The van der Waals surface area contributed by atoms with E-state index in [2.05, 4.69) is 0 Å². The van der Waals surface area contributed by atoms with Crippen molar-refractivity contribution in [3.05, 3.63) is 59.7 Å². The maximum Gasteiger partial charge on any atom is 0.311 e. The summed E-state index contributed by atoms with van der Waals surface area (Å²) in [6.45, 7) is 3.13. The van der Waals surface area contributed by atoms with Crippen LogP contribution in [0.2, 0.25) is 0 Å². The lowest BCUT2D eigenvalue weighted by molar-refractivity contribution is -0.156. The molecule has 2 unspecified atom stereocenters. The average Bonchev–Trinajstić information content (AvgIpc) is 3.45. The minimum Gasteiger partial charge on any atom is -0.457 e. The van der Waals surface area contributed by atoms with Crippen molar-refractivity contribution in [1.82, 2.24) is 0 Å². The van der Waals surface area contributed by atoms with Gasteiger partial charge in [0, 0.05) is 37.3 Å². The summed E-state index contributed by atoms with van der Waals surface area (Å²) < 4.78 is 10.2. The van der Waals surface area contributed by atoms with E-state index in [0.29, 0.717) is 11.4 Å². The number of ether oxygens (including phenoxy) is 2. The van der Waals surface area contributed by atoms with Gasteiger partial charge in [-0.2, -0.15) is 0 Å². The van der Waals surface area contributed by atoms with Crippen molar-refractivity contribution in [3.63, 3.8) is 0 Å². The van der Waals surface area contributed by atoms with E-state index in [1.807, 2.05) is 62.4 Å². The lowest BCUT2D eigenvalue weighted by Gasteiger charge is -2.17. The fraction of sp³-hybridized carbons (Fsp3) is 0.370. The van der Waals surface area contributed by atoms with Crippen molar-refractivity contribution in [1.29, 1.82) is 0 Å². The van der Waals surface area contributed by atoms with E-state index >= 15 is 0 Å². The van der Waals surface area contributed by atoms with Crippen LogP contribution in [0.4, 0.5) is 11.4 Å². The van der Waals surface area contributed by atoms with Crippen LogP contribution in [0.5, 0.6) is 0 Å². The molecule has 0 saturated carbocycles. The van der Waals surface area contributed by atoms with Crippen LogP contribution >= 0.6 is 0 Å². The summed E-state index contributed by atoms with van der Waals surface area (Å²) in [5.74, 6) is -3.60. The molecule has 4 rings (SSSR count). The van der Waals surface area contributed by atoms with E-state index in [4.69, 9.17) is 9.47 Å². The van der Waals surface area contributed by atoms with Gasteiger partial charge < -0.3 is 19.3 Å². The number of carbonyl (C=O) groups excluding carboxylic acids is 5. The minimum atomic E-state index is -0.675. The van der Waals surface area contributed by atoms with Crippen LogP contribution in [-0.4, -0.2) is 55.8 Å². The fourth-order valence-electron chi connectivity index (χ4n) is 4.26. The molecule has 2 aliphatic heterocycles. The summed E-state index contributed by atoms with van der Waals surface area (Å²) in [5, 5.41) is 0. The van der Waals surface area contributed by atoms with Crippen LogP contribution in [0.1, 0.15) is 24.0 Å². The third kappa shape index (κ3) is 5.79. The maximum atomic E-state index is 12.4. The number of ketones is 1. The Balaban J connectivity index is 1.20. The van der Waals surface area contributed by atoms with Crippen LogP contribution in [0.15, 0.2) is 48.5 Å². The van der Waals surface area contributed by atoms with Gasteiger partial charge in [0.25, 0.3) is 0 Å². The minimum absolute atomic E-state index is 0.00305. The summed E-state index contributed by atoms with van der Waals surface area (Å²) in [7, 11) is 0. The topological polar surface area (TPSA) is 110 Å². The summed E-state index contributed by atoms with van der Waals surface area (Å²) in [6, 6.07) is 14.8. The van der Waals surface area contributed by atoms with Crippen molar-refractivity contribution >= 4 is 40.9 Å². The summed E-state index contributed by atoms with van der Waals surface area (Å²) in [4.78, 5) is 64.7. The molecule has 2 aliphatic rings.